The lowest BCUT2D eigenvalue weighted by Gasteiger charge is -2.59. The normalized spacial score (nSPS) is 53.0. The molecule has 3 nitrogen and oxygen atoms in total. The number of nitrogens with two attached hydrogens (primary N) is 1. The summed E-state index contributed by atoms with van der Waals surface area (Å²) in [6, 6.07) is 0. The maximum absolute atomic E-state index is 12.1. The third kappa shape index (κ3) is 3.01. The van der Waals surface area contributed by atoms with Gasteiger partial charge in [-0.25, -0.2) is 0 Å². The average Bonchev–Trinajstić information content (AvgIpc) is 3.20. The fourth-order valence-electron chi connectivity index (χ4n) is 9.22. The van der Waals surface area contributed by atoms with E-state index in [4.69, 9.17) is 10.5 Å². The first-order valence-electron chi connectivity index (χ1n) is 12.9. The van der Waals surface area contributed by atoms with Crippen molar-refractivity contribution in [1.82, 2.24) is 0 Å². The molecule has 11 atom stereocenters. The van der Waals surface area contributed by atoms with E-state index < -0.39 is 0 Å². The Balaban J connectivity index is 1.34. The number of ketones is 1. The van der Waals surface area contributed by atoms with E-state index in [1.807, 2.05) is 6.08 Å². The van der Waals surface area contributed by atoms with Gasteiger partial charge >= 0.3 is 0 Å². The molecule has 0 aromatic rings. The average molecular weight is 414 g/mol. The molecule has 0 aromatic heterocycles. The molecular formula is C27H43NO2. The second-order valence-corrected chi connectivity index (χ2v) is 12.3. The van der Waals surface area contributed by atoms with Crippen LogP contribution in [0.3, 0.4) is 0 Å². The van der Waals surface area contributed by atoms with E-state index in [0.717, 1.165) is 36.6 Å². The molecule has 3 heteroatoms. The third-order valence-electron chi connectivity index (χ3n) is 11.0. The number of carbonyl (C=O) groups is 1. The maximum Gasteiger partial charge on any atom is 0.155 e. The molecule has 0 aromatic carbocycles. The second kappa shape index (κ2) is 7.44. The molecule has 5 aliphatic rings. The van der Waals surface area contributed by atoms with Crippen LogP contribution < -0.4 is 5.73 Å². The Bertz CT molecular complexity index is 718. The van der Waals surface area contributed by atoms with Crippen LogP contribution in [-0.2, 0) is 9.53 Å². The number of carbonyl (C=O) groups excluding carboxylic acids is 1. The molecule has 5 rings (SSSR count). The lowest BCUT2D eigenvalue weighted by molar-refractivity contribution is -0.123. The highest BCUT2D eigenvalue weighted by Gasteiger charge is 2.65. The fourth-order valence-corrected chi connectivity index (χ4v) is 9.22. The molecule has 0 amide bonds. The molecule has 1 heterocycles. The van der Waals surface area contributed by atoms with Crippen LogP contribution in [0.15, 0.2) is 12.2 Å². The van der Waals surface area contributed by atoms with Gasteiger partial charge in [-0.15, -0.1) is 0 Å². The zero-order chi connectivity index (χ0) is 21.3. The largest absolute Gasteiger partial charge is 0.374 e. The Morgan fingerprint density at radius 3 is 2.80 bits per heavy atom. The van der Waals surface area contributed by atoms with Crippen molar-refractivity contribution in [3.63, 3.8) is 0 Å². The number of fused-ring (bicyclic) bond motifs is 7. The Morgan fingerprint density at radius 2 is 2.03 bits per heavy atom. The van der Waals surface area contributed by atoms with Gasteiger partial charge in [0.15, 0.2) is 5.78 Å². The third-order valence-corrected chi connectivity index (χ3v) is 11.0. The topological polar surface area (TPSA) is 52.3 Å². The summed E-state index contributed by atoms with van der Waals surface area (Å²) in [4.78, 5) is 12.1. The lowest BCUT2D eigenvalue weighted by Crippen LogP contribution is -2.52. The van der Waals surface area contributed by atoms with Gasteiger partial charge in [0.1, 0.15) is 0 Å². The molecule has 0 spiro atoms. The highest BCUT2D eigenvalue weighted by molar-refractivity contribution is 5.91. The maximum atomic E-state index is 12.1. The molecule has 0 bridgehead atoms. The van der Waals surface area contributed by atoms with Crippen molar-refractivity contribution >= 4 is 5.78 Å². The number of hydrogen-bond donors (Lipinski definition) is 1. The quantitative estimate of drug-likeness (QED) is 0.673. The van der Waals surface area contributed by atoms with Crippen LogP contribution in [0.1, 0.15) is 79.1 Å². The van der Waals surface area contributed by atoms with Crippen molar-refractivity contribution in [2.45, 2.75) is 91.3 Å². The Kier molecular flexibility index (Phi) is 5.26. The van der Waals surface area contributed by atoms with E-state index in [2.05, 4.69) is 33.8 Å². The van der Waals surface area contributed by atoms with Gasteiger partial charge in [0.05, 0.1) is 12.2 Å². The fraction of sp³-hybridized carbons (Fsp3) is 0.889. The minimum atomic E-state index is 0.239. The van der Waals surface area contributed by atoms with E-state index in [9.17, 15) is 4.79 Å². The van der Waals surface area contributed by atoms with Crippen LogP contribution in [0.5, 0.6) is 0 Å². The summed E-state index contributed by atoms with van der Waals surface area (Å²) < 4.78 is 6.78. The predicted molar refractivity (Wildman–Crippen MR) is 121 cm³/mol. The molecular weight excluding hydrogens is 370 g/mol. The molecule has 3 unspecified atom stereocenters. The van der Waals surface area contributed by atoms with Gasteiger partial charge in [-0.3, -0.25) is 4.79 Å². The van der Waals surface area contributed by atoms with E-state index in [-0.39, 0.29) is 5.41 Å². The number of allylic oxidation sites excluding steroid dienone is 2. The molecule has 4 fully saturated rings. The van der Waals surface area contributed by atoms with Gasteiger partial charge in [0.2, 0.25) is 0 Å². The van der Waals surface area contributed by atoms with Gasteiger partial charge in [0.25, 0.3) is 0 Å². The van der Waals surface area contributed by atoms with Crippen molar-refractivity contribution in [3.05, 3.63) is 12.2 Å². The Hall–Kier alpha value is -0.670. The molecule has 3 saturated carbocycles. The smallest absolute Gasteiger partial charge is 0.155 e. The molecule has 4 aliphatic carbocycles. The van der Waals surface area contributed by atoms with Crippen molar-refractivity contribution in [2.24, 2.45) is 58.0 Å². The van der Waals surface area contributed by atoms with Crippen LogP contribution in [0.4, 0.5) is 0 Å². The summed E-state index contributed by atoms with van der Waals surface area (Å²) in [5.41, 5.74) is 6.54. The van der Waals surface area contributed by atoms with Crippen LogP contribution in [0.25, 0.3) is 0 Å². The van der Waals surface area contributed by atoms with Crippen molar-refractivity contribution in [2.75, 3.05) is 6.54 Å². The number of rotatable bonds is 4. The van der Waals surface area contributed by atoms with Crippen molar-refractivity contribution in [1.29, 1.82) is 0 Å². The van der Waals surface area contributed by atoms with E-state index in [1.54, 1.807) is 0 Å². The standard InChI is InChI=1S/C27H43NO2/c1-16(15-28)5-8-23-17(2)25-24(30-23)14-22-20-7-6-18-13-19(29)9-11-26(18,3)21(20)10-12-27(22,25)4/h9,11,16-18,20-25H,5-8,10,12-15,28H2,1-4H3/t16?,17-,18?,20-,21+,22+,23?,24+,25+,26+,27+/m1/s1. The number of hydrogen-bond acceptors (Lipinski definition) is 3. The van der Waals surface area contributed by atoms with Gasteiger partial charge in [0, 0.05) is 6.42 Å². The molecule has 1 aliphatic heterocycles. The first kappa shape index (κ1) is 21.2. The van der Waals surface area contributed by atoms with Gasteiger partial charge in [-0.2, -0.15) is 0 Å². The lowest BCUT2D eigenvalue weighted by atomic mass is 9.45. The van der Waals surface area contributed by atoms with Crippen molar-refractivity contribution < 1.29 is 9.53 Å². The zero-order valence-corrected chi connectivity index (χ0v) is 19.6. The van der Waals surface area contributed by atoms with E-state index in [0.29, 0.717) is 41.2 Å². The molecule has 0 radical (unpaired) electrons. The van der Waals surface area contributed by atoms with Crippen LogP contribution in [-0.4, -0.2) is 24.5 Å². The van der Waals surface area contributed by atoms with Crippen molar-refractivity contribution in [3.8, 4) is 0 Å². The SMILES string of the molecule is CC(CN)CCC1O[C@H]2C[C@H]3[C@@H]4CCC5CC(=O)C=C[C@]5(C)[C@H]4CC[C@]3(C)[C@H]2[C@@H]1C. The van der Waals surface area contributed by atoms with Crippen LogP contribution in [0.2, 0.25) is 0 Å². The first-order chi connectivity index (χ1) is 14.3. The van der Waals surface area contributed by atoms with Gasteiger partial charge in [-0.1, -0.05) is 33.8 Å². The van der Waals surface area contributed by atoms with Gasteiger partial charge < -0.3 is 10.5 Å². The summed E-state index contributed by atoms with van der Waals surface area (Å²) in [7, 11) is 0. The molecule has 168 valence electrons. The molecule has 2 N–H and O–H groups in total. The summed E-state index contributed by atoms with van der Waals surface area (Å²) in [5.74, 6) is 5.32. The molecule has 1 saturated heterocycles. The summed E-state index contributed by atoms with van der Waals surface area (Å²) in [5, 5.41) is 0. The highest BCUT2D eigenvalue weighted by atomic mass is 16.5. The zero-order valence-electron chi connectivity index (χ0n) is 19.6. The van der Waals surface area contributed by atoms with E-state index in [1.165, 1.54) is 44.9 Å². The minimum Gasteiger partial charge on any atom is -0.374 e. The predicted octanol–water partition coefficient (Wildman–Crippen LogP) is 5.38. The minimum absolute atomic E-state index is 0.239. The van der Waals surface area contributed by atoms with Crippen LogP contribution >= 0.6 is 0 Å². The van der Waals surface area contributed by atoms with E-state index >= 15 is 0 Å². The van der Waals surface area contributed by atoms with Gasteiger partial charge in [-0.05, 0) is 110 Å². The Labute approximate surface area is 183 Å². The second-order valence-electron chi connectivity index (χ2n) is 12.3. The van der Waals surface area contributed by atoms with Crippen LogP contribution in [0, 0.1) is 52.3 Å². The number of ether oxygens (including phenoxy) is 1. The summed E-state index contributed by atoms with van der Waals surface area (Å²) in [6.45, 7) is 10.6. The molecule has 30 heavy (non-hydrogen) atoms. The summed E-state index contributed by atoms with van der Waals surface area (Å²) in [6.07, 6.45) is 14.8. The highest BCUT2D eigenvalue weighted by Crippen LogP contribution is 2.69. The summed E-state index contributed by atoms with van der Waals surface area (Å²) >= 11 is 0. The Morgan fingerprint density at radius 1 is 1.23 bits per heavy atom. The monoisotopic (exact) mass is 413 g/mol. The first-order valence-corrected chi connectivity index (χ1v) is 12.9.